The van der Waals surface area contributed by atoms with Crippen LogP contribution in [0.15, 0.2) is 115 Å². The maximum absolute atomic E-state index is 4.96. The topological polar surface area (TPSA) is 38.7 Å². The van der Waals surface area contributed by atoms with Crippen molar-refractivity contribution in [1.82, 2.24) is 15.0 Å². The number of fused-ring (bicyclic) bond motifs is 4. The third kappa shape index (κ3) is 3.56. The van der Waals surface area contributed by atoms with Crippen molar-refractivity contribution in [1.29, 1.82) is 0 Å². The monoisotopic (exact) mass is 465 g/mol. The highest BCUT2D eigenvalue weighted by Crippen LogP contribution is 2.36. The molecule has 5 aromatic carbocycles. The maximum atomic E-state index is 4.96. The van der Waals surface area contributed by atoms with E-state index in [2.05, 4.69) is 84.9 Å². The van der Waals surface area contributed by atoms with Gasteiger partial charge < -0.3 is 0 Å². The largest absolute Gasteiger partial charge is 0.208 e. The van der Waals surface area contributed by atoms with Crippen molar-refractivity contribution in [3.8, 4) is 34.2 Å². The fraction of sp³-hybridized carbons (Fsp3) is 0. The lowest BCUT2D eigenvalue weighted by molar-refractivity contribution is 1.08. The molecule has 0 unspecified atom stereocenters. The van der Waals surface area contributed by atoms with Gasteiger partial charge >= 0.3 is 0 Å². The summed E-state index contributed by atoms with van der Waals surface area (Å²) in [5.74, 6) is 2.03. The van der Waals surface area contributed by atoms with Gasteiger partial charge in [0.15, 0.2) is 17.5 Å². The van der Waals surface area contributed by atoms with Gasteiger partial charge in [-0.3, -0.25) is 0 Å². The second kappa shape index (κ2) is 8.12. The third-order valence-corrected chi connectivity index (χ3v) is 7.46. The molecular weight excluding hydrogens is 446 g/mol. The summed E-state index contributed by atoms with van der Waals surface area (Å²) < 4.78 is 2.55. The highest BCUT2D eigenvalue weighted by atomic mass is 32.1. The van der Waals surface area contributed by atoms with E-state index in [-0.39, 0.29) is 0 Å². The molecule has 4 heteroatoms. The van der Waals surface area contributed by atoms with Crippen LogP contribution in [-0.2, 0) is 0 Å². The third-order valence-electron chi connectivity index (χ3n) is 6.31. The molecule has 0 aliphatic carbocycles. The number of benzene rings is 5. The van der Waals surface area contributed by atoms with Gasteiger partial charge in [0.25, 0.3) is 0 Å². The summed E-state index contributed by atoms with van der Waals surface area (Å²) in [6.07, 6.45) is 0. The summed E-state index contributed by atoms with van der Waals surface area (Å²) in [5, 5.41) is 4.86. The Balaban J connectivity index is 1.45. The van der Waals surface area contributed by atoms with Crippen LogP contribution in [0.2, 0.25) is 0 Å². The van der Waals surface area contributed by atoms with Gasteiger partial charge in [0.2, 0.25) is 0 Å². The van der Waals surface area contributed by atoms with Gasteiger partial charge in [-0.1, -0.05) is 84.9 Å². The molecule has 0 saturated carbocycles. The van der Waals surface area contributed by atoms with Gasteiger partial charge in [0, 0.05) is 36.9 Å². The fourth-order valence-electron chi connectivity index (χ4n) is 4.54. The fourth-order valence-corrected chi connectivity index (χ4v) is 5.63. The first-order valence-electron chi connectivity index (χ1n) is 11.5. The lowest BCUT2D eigenvalue weighted by Gasteiger charge is -2.09. The van der Waals surface area contributed by atoms with Crippen LogP contribution in [0.4, 0.5) is 0 Å². The van der Waals surface area contributed by atoms with E-state index < -0.39 is 0 Å². The molecule has 0 amide bonds. The number of hydrogen-bond acceptors (Lipinski definition) is 4. The summed E-state index contributed by atoms with van der Waals surface area (Å²) >= 11 is 1.81. The average Bonchev–Trinajstić information content (AvgIpc) is 3.31. The Morgan fingerprint density at radius 1 is 0.400 bits per heavy atom. The predicted octanol–water partition coefficient (Wildman–Crippen LogP) is 8.39. The van der Waals surface area contributed by atoms with Gasteiger partial charge in [-0.05, 0) is 41.1 Å². The van der Waals surface area contributed by atoms with Gasteiger partial charge in [-0.15, -0.1) is 11.3 Å². The first-order chi connectivity index (χ1) is 17.3. The Labute approximate surface area is 206 Å². The van der Waals surface area contributed by atoms with Crippen LogP contribution in [0, 0.1) is 0 Å². The van der Waals surface area contributed by atoms with Crippen LogP contribution >= 0.6 is 11.3 Å². The average molecular weight is 466 g/mol. The van der Waals surface area contributed by atoms with E-state index in [0.717, 1.165) is 16.7 Å². The molecule has 0 fully saturated rings. The second-order valence-electron chi connectivity index (χ2n) is 8.54. The zero-order valence-corrected chi connectivity index (χ0v) is 19.5. The van der Waals surface area contributed by atoms with Crippen molar-refractivity contribution in [3.05, 3.63) is 115 Å². The minimum absolute atomic E-state index is 0.675. The smallest absolute Gasteiger partial charge is 0.164 e. The molecule has 0 N–H and O–H groups in total. The lowest BCUT2D eigenvalue weighted by Crippen LogP contribution is -2.00. The number of hydrogen-bond donors (Lipinski definition) is 0. The van der Waals surface area contributed by atoms with Crippen LogP contribution in [0.1, 0.15) is 0 Å². The standard InChI is InChI=1S/C31H19N3S/c1-2-9-21(10-3-1)29-32-30(23-15-14-20-8-4-5-11-22(20)18-23)34-31(33-29)24-16-17-28-26(19-24)25-12-6-7-13-27(25)35-28/h1-19H. The van der Waals surface area contributed by atoms with E-state index in [1.54, 1.807) is 0 Å². The van der Waals surface area contributed by atoms with E-state index in [1.807, 2.05) is 41.7 Å². The van der Waals surface area contributed by atoms with Gasteiger partial charge in [-0.25, -0.2) is 15.0 Å². The summed E-state index contributed by atoms with van der Waals surface area (Å²) in [5.41, 5.74) is 2.94. The molecule has 2 aromatic heterocycles. The van der Waals surface area contributed by atoms with Crippen LogP contribution in [0.25, 0.3) is 65.1 Å². The Morgan fingerprint density at radius 2 is 1.00 bits per heavy atom. The van der Waals surface area contributed by atoms with E-state index in [9.17, 15) is 0 Å². The highest BCUT2D eigenvalue weighted by Gasteiger charge is 2.14. The molecule has 2 heterocycles. The quantitative estimate of drug-likeness (QED) is 0.263. The van der Waals surface area contributed by atoms with Crippen molar-refractivity contribution in [2.45, 2.75) is 0 Å². The number of thiophene rings is 1. The normalized spacial score (nSPS) is 11.4. The van der Waals surface area contributed by atoms with Crippen molar-refractivity contribution in [2.75, 3.05) is 0 Å². The Morgan fingerprint density at radius 3 is 1.83 bits per heavy atom. The molecule has 0 atom stereocenters. The number of nitrogens with zero attached hydrogens (tertiary/aromatic N) is 3. The van der Waals surface area contributed by atoms with Gasteiger partial charge in [0.05, 0.1) is 0 Å². The summed E-state index contributed by atoms with van der Waals surface area (Å²) in [6, 6.07) is 39.9. The second-order valence-corrected chi connectivity index (χ2v) is 9.63. The minimum Gasteiger partial charge on any atom is -0.208 e. The molecule has 0 saturated heterocycles. The Bertz CT molecular complexity index is 1850. The van der Waals surface area contributed by atoms with Crippen LogP contribution < -0.4 is 0 Å². The predicted molar refractivity (Wildman–Crippen MR) is 147 cm³/mol. The summed E-state index contributed by atoms with van der Waals surface area (Å²) in [6.45, 7) is 0. The molecule has 35 heavy (non-hydrogen) atoms. The van der Waals surface area contributed by atoms with Crippen LogP contribution in [0.5, 0.6) is 0 Å². The Kier molecular flexibility index (Phi) is 4.64. The summed E-state index contributed by atoms with van der Waals surface area (Å²) in [4.78, 5) is 14.8. The van der Waals surface area contributed by atoms with Crippen molar-refractivity contribution in [3.63, 3.8) is 0 Å². The van der Waals surface area contributed by atoms with Crippen LogP contribution in [-0.4, -0.2) is 15.0 Å². The van der Waals surface area contributed by atoms with E-state index in [1.165, 1.54) is 30.9 Å². The minimum atomic E-state index is 0.675. The first kappa shape index (κ1) is 20.0. The molecule has 164 valence electrons. The SMILES string of the molecule is c1ccc(-c2nc(-c3ccc4ccccc4c3)nc(-c3ccc4sc5ccccc5c4c3)n2)cc1. The summed E-state index contributed by atoms with van der Waals surface area (Å²) in [7, 11) is 0. The zero-order valence-electron chi connectivity index (χ0n) is 18.7. The maximum Gasteiger partial charge on any atom is 0.164 e. The van der Waals surface area contributed by atoms with Crippen LogP contribution in [0.3, 0.4) is 0 Å². The molecular formula is C31H19N3S. The first-order valence-corrected chi connectivity index (χ1v) is 12.4. The molecule has 0 aliphatic rings. The van der Waals surface area contributed by atoms with Crippen molar-refractivity contribution in [2.24, 2.45) is 0 Å². The molecule has 0 aliphatic heterocycles. The van der Waals surface area contributed by atoms with Crippen molar-refractivity contribution < 1.29 is 0 Å². The molecule has 7 rings (SSSR count). The lowest BCUT2D eigenvalue weighted by atomic mass is 10.1. The van der Waals surface area contributed by atoms with E-state index in [4.69, 9.17) is 15.0 Å². The van der Waals surface area contributed by atoms with Gasteiger partial charge in [0.1, 0.15) is 0 Å². The number of rotatable bonds is 3. The van der Waals surface area contributed by atoms with Crippen molar-refractivity contribution >= 4 is 42.3 Å². The molecule has 0 radical (unpaired) electrons. The van der Waals surface area contributed by atoms with Gasteiger partial charge in [-0.2, -0.15) is 0 Å². The highest BCUT2D eigenvalue weighted by molar-refractivity contribution is 7.25. The number of aromatic nitrogens is 3. The zero-order chi connectivity index (χ0) is 23.2. The van der Waals surface area contributed by atoms with E-state index in [0.29, 0.717) is 17.5 Å². The molecule has 3 nitrogen and oxygen atoms in total. The molecule has 0 spiro atoms. The van der Waals surface area contributed by atoms with E-state index >= 15 is 0 Å². The molecule has 7 aromatic rings. The Hall–Kier alpha value is -4.41. The molecule has 0 bridgehead atoms.